The molecule has 108 valence electrons. The van der Waals surface area contributed by atoms with Gasteiger partial charge in [0.15, 0.2) is 6.04 Å². The number of carboxylic acids is 1. The second kappa shape index (κ2) is 6.06. The molecular formula is C13H21NO5. The van der Waals surface area contributed by atoms with Crippen molar-refractivity contribution in [2.24, 2.45) is 0 Å². The molecule has 6 heteroatoms. The predicted octanol–water partition coefficient (Wildman–Crippen LogP) is 1.65. The molecule has 1 amide bonds. The van der Waals surface area contributed by atoms with Gasteiger partial charge in [0, 0.05) is 6.54 Å². The summed E-state index contributed by atoms with van der Waals surface area (Å²) >= 11 is 0. The van der Waals surface area contributed by atoms with Crippen molar-refractivity contribution in [3.8, 4) is 0 Å². The summed E-state index contributed by atoms with van der Waals surface area (Å²) in [5, 5.41) is 9.25. The molecule has 0 aromatic rings. The van der Waals surface area contributed by atoms with Gasteiger partial charge in [0.25, 0.3) is 0 Å². The highest BCUT2D eigenvalue weighted by Crippen LogP contribution is 2.24. The number of amides is 1. The zero-order valence-corrected chi connectivity index (χ0v) is 11.6. The Balaban J connectivity index is 2.75. The molecule has 0 bridgehead atoms. The number of carboxylic acid groups (broad SMARTS) is 1. The third-order valence-electron chi connectivity index (χ3n) is 2.65. The zero-order chi connectivity index (χ0) is 14.6. The maximum atomic E-state index is 12.0. The average molecular weight is 271 g/mol. The first kappa shape index (κ1) is 15.5. The highest BCUT2D eigenvalue weighted by molar-refractivity contribution is 5.81. The smallest absolute Gasteiger partial charge is 0.411 e. The molecule has 19 heavy (non-hydrogen) atoms. The van der Waals surface area contributed by atoms with Gasteiger partial charge >= 0.3 is 12.1 Å². The molecule has 1 fully saturated rings. The van der Waals surface area contributed by atoms with E-state index in [1.54, 1.807) is 26.8 Å². The standard InChI is InChI=1S/C13H21NO5/c1-5-8-18-9-6-7-14(10(9)11(15)16)12(17)19-13(2,3)4/h5,9-10H,1,6-8H2,2-4H3,(H,15,16)/t9-,10-/m0/s1. The highest BCUT2D eigenvalue weighted by Gasteiger charge is 2.44. The summed E-state index contributed by atoms with van der Waals surface area (Å²) < 4.78 is 10.6. The fraction of sp³-hybridized carbons (Fsp3) is 0.692. The van der Waals surface area contributed by atoms with Crippen molar-refractivity contribution >= 4 is 12.1 Å². The Kier molecular flexibility index (Phi) is 4.94. The van der Waals surface area contributed by atoms with Crippen LogP contribution in [0.1, 0.15) is 27.2 Å². The van der Waals surface area contributed by atoms with E-state index < -0.39 is 29.8 Å². The van der Waals surface area contributed by atoms with Gasteiger partial charge in [-0.1, -0.05) is 6.08 Å². The molecule has 6 nitrogen and oxygen atoms in total. The molecule has 1 saturated heterocycles. The molecule has 0 aromatic carbocycles. The number of nitrogens with zero attached hydrogens (tertiary/aromatic N) is 1. The lowest BCUT2D eigenvalue weighted by Crippen LogP contribution is -2.47. The summed E-state index contributed by atoms with van der Waals surface area (Å²) in [7, 11) is 0. The summed E-state index contributed by atoms with van der Waals surface area (Å²) in [5.41, 5.74) is -0.653. The van der Waals surface area contributed by atoms with Crippen molar-refractivity contribution in [3.63, 3.8) is 0 Å². The van der Waals surface area contributed by atoms with E-state index in [-0.39, 0.29) is 6.61 Å². The van der Waals surface area contributed by atoms with E-state index in [9.17, 15) is 14.7 Å². The molecule has 1 N–H and O–H groups in total. The molecule has 1 heterocycles. The van der Waals surface area contributed by atoms with E-state index in [1.807, 2.05) is 0 Å². The molecule has 0 saturated carbocycles. The lowest BCUT2D eigenvalue weighted by Gasteiger charge is -2.28. The first-order valence-electron chi connectivity index (χ1n) is 6.21. The minimum Gasteiger partial charge on any atom is -0.480 e. The van der Waals surface area contributed by atoms with Crippen LogP contribution in [0.15, 0.2) is 12.7 Å². The SMILES string of the molecule is C=CCO[C@H]1CCN(C(=O)OC(C)(C)C)[C@@H]1C(=O)O. The Morgan fingerprint density at radius 1 is 1.47 bits per heavy atom. The van der Waals surface area contributed by atoms with E-state index in [1.165, 1.54) is 4.90 Å². The van der Waals surface area contributed by atoms with E-state index in [0.29, 0.717) is 13.0 Å². The molecule has 0 unspecified atom stereocenters. The van der Waals surface area contributed by atoms with Gasteiger partial charge in [-0.2, -0.15) is 0 Å². The highest BCUT2D eigenvalue weighted by atomic mass is 16.6. The van der Waals surface area contributed by atoms with Gasteiger partial charge in [-0.05, 0) is 27.2 Å². The molecule has 1 aliphatic heterocycles. The molecule has 0 spiro atoms. The summed E-state index contributed by atoms with van der Waals surface area (Å²) in [6, 6.07) is -1.00. The molecule has 0 radical (unpaired) electrons. The van der Waals surface area contributed by atoms with Gasteiger partial charge in [-0.15, -0.1) is 6.58 Å². The fourth-order valence-electron chi connectivity index (χ4n) is 1.95. The van der Waals surface area contributed by atoms with E-state index in [0.717, 1.165) is 0 Å². The van der Waals surface area contributed by atoms with Gasteiger partial charge in [0.1, 0.15) is 5.60 Å². The van der Waals surface area contributed by atoms with Crippen LogP contribution in [-0.4, -0.2) is 53.0 Å². The molecule has 2 atom stereocenters. The minimum atomic E-state index is -1.09. The maximum absolute atomic E-state index is 12.0. The van der Waals surface area contributed by atoms with Crippen molar-refractivity contribution in [1.82, 2.24) is 4.90 Å². The van der Waals surface area contributed by atoms with Gasteiger partial charge in [-0.25, -0.2) is 9.59 Å². The molecular weight excluding hydrogens is 250 g/mol. The van der Waals surface area contributed by atoms with Gasteiger partial charge in [0.2, 0.25) is 0 Å². The Morgan fingerprint density at radius 2 is 2.11 bits per heavy atom. The second-order valence-corrected chi connectivity index (χ2v) is 5.41. The third-order valence-corrected chi connectivity index (χ3v) is 2.65. The monoisotopic (exact) mass is 271 g/mol. The quantitative estimate of drug-likeness (QED) is 0.787. The summed E-state index contributed by atoms with van der Waals surface area (Å²) in [6.45, 7) is 9.31. The van der Waals surface area contributed by atoms with Crippen molar-refractivity contribution in [1.29, 1.82) is 0 Å². The van der Waals surface area contributed by atoms with Crippen LogP contribution in [0.25, 0.3) is 0 Å². The van der Waals surface area contributed by atoms with Crippen molar-refractivity contribution in [2.45, 2.75) is 44.9 Å². The second-order valence-electron chi connectivity index (χ2n) is 5.41. The number of carbonyl (C=O) groups excluding carboxylic acids is 1. The minimum absolute atomic E-state index is 0.261. The number of rotatable bonds is 4. The van der Waals surface area contributed by atoms with Gasteiger partial charge in [-0.3, -0.25) is 4.90 Å². The Hall–Kier alpha value is -1.56. The van der Waals surface area contributed by atoms with Gasteiger partial charge < -0.3 is 14.6 Å². The predicted molar refractivity (Wildman–Crippen MR) is 68.9 cm³/mol. The normalized spacial score (nSPS) is 23.2. The van der Waals surface area contributed by atoms with Crippen LogP contribution in [0.5, 0.6) is 0 Å². The summed E-state index contributed by atoms with van der Waals surface area (Å²) in [4.78, 5) is 24.5. The van der Waals surface area contributed by atoms with E-state index >= 15 is 0 Å². The van der Waals surface area contributed by atoms with Crippen molar-refractivity contribution in [2.75, 3.05) is 13.2 Å². The van der Waals surface area contributed by atoms with Crippen LogP contribution in [0.2, 0.25) is 0 Å². The Labute approximate surface area is 113 Å². The lowest BCUT2D eigenvalue weighted by molar-refractivity contribution is -0.145. The van der Waals surface area contributed by atoms with Crippen molar-refractivity contribution < 1.29 is 24.2 Å². The number of carbonyl (C=O) groups is 2. The van der Waals surface area contributed by atoms with Crippen molar-refractivity contribution in [3.05, 3.63) is 12.7 Å². The number of ether oxygens (including phenoxy) is 2. The first-order chi connectivity index (χ1) is 8.76. The van der Waals surface area contributed by atoms with Crippen LogP contribution in [0.4, 0.5) is 4.79 Å². The number of hydrogen-bond acceptors (Lipinski definition) is 4. The van der Waals surface area contributed by atoms with Gasteiger partial charge in [0.05, 0.1) is 12.7 Å². The van der Waals surface area contributed by atoms with Crippen LogP contribution >= 0.6 is 0 Å². The molecule has 0 aliphatic carbocycles. The summed E-state index contributed by atoms with van der Waals surface area (Å²) in [6.07, 6.45) is 0.881. The molecule has 0 aromatic heterocycles. The Bertz CT molecular complexity index is 361. The zero-order valence-electron chi connectivity index (χ0n) is 11.6. The van der Waals surface area contributed by atoms with Crippen LogP contribution in [-0.2, 0) is 14.3 Å². The third kappa shape index (κ3) is 4.24. The number of likely N-dealkylation sites (tertiary alicyclic amines) is 1. The maximum Gasteiger partial charge on any atom is 0.411 e. The van der Waals surface area contributed by atoms with Crippen LogP contribution in [0, 0.1) is 0 Å². The van der Waals surface area contributed by atoms with Crippen LogP contribution < -0.4 is 0 Å². The molecule has 1 rings (SSSR count). The summed E-state index contributed by atoms with van der Waals surface area (Å²) in [5.74, 6) is -1.09. The number of aliphatic carboxylic acids is 1. The van der Waals surface area contributed by atoms with E-state index in [2.05, 4.69) is 6.58 Å². The Morgan fingerprint density at radius 3 is 2.58 bits per heavy atom. The average Bonchev–Trinajstić information content (AvgIpc) is 2.67. The largest absolute Gasteiger partial charge is 0.480 e. The topological polar surface area (TPSA) is 76.1 Å². The van der Waals surface area contributed by atoms with Crippen LogP contribution in [0.3, 0.4) is 0 Å². The number of hydrogen-bond donors (Lipinski definition) is 1. The fourth-order valence-corrected chi connectivity index (χ4v) is 1.95. The molecule has 1 aliphatic rings. The lowest BCUT2D eigenvalue weighted by atomic mass is 10.1. The van der Waals surface area contributed by atoms with E-state index in [4.69, 9.17) is 9.47 Å². The first-order valence-corrected chi connectivity index (χ1v) is 6.21.